The number of rotatable bonds is 4. The summed E-state index contributed by atoms with van der Waals surface area (Å²) in [5.74, 6) is 0.324. The van der Waals surface area contributed by atoms with Crippen LogP contribution in [0.3, 0.4) is 0 Å². The van der Waals surface area contributed by atoms with E-state index in [-0.39, 0.29) is 23.3 Å². The van der Waals surface area contributed by atoms with Crippen LogP contribution in [0.15, 0.2) is 0 Å². The molecule has 0 heterocycles. The van der Waals surface area contributed by atoms with Gasteiger partial charge in [0, 0.05) is 12.5 Å². The van der Waals surface area contributed by atoms with E-state index < -0.39 is 0 Å². The van der Waals surface area contributed by atoms with Gasteiger partial charge in [0.25, 0.3) is 0 Å². The van der Waals surface area contributed by atoms with Crippen LogP contribution in [0.5, 0.6) is 0 Å². The fourth-order valence-corrected chi connectivity index (χ4v) is 2.34. The Balaban J connectivity index is 2.34. The number of aliphatic hydroxyl groups is 1. The monoisotopic (exact) mass is 213 g/mol. The number of carbonyl (C=O) groups is 1. The van der Waals surface area contributed by atoms with Gasteiger partial charge in [0.1, 0.15) is 0 Å². The van der Waals surface area contributed by atoms with Gasteiger partial charge in [0.15, 0.2) is 0 Å². The van der Waals surface area contributed by atoms with Gasteiger partial charge in [0.05, 0.1) is 6.10 Å². The maximum Gasteiger partial charge on any atom is 0.223 e. The van der Waals surface area contributed by atoms with Crippen LogP contribution >= 0.6 is 0 Å². The lowest BCUT2D eigenvalue weighted by atomic mass is 9.81. The first kappa shape index (κ1) is 12.5. The summed E-state index contributed by atoms with van der Waals surface area (Å²) in [6.07, 6.45) is 3.61. The van der Waals surface area contributed by atoms with Gasteiger partial charge in [-0.3, -0.25) is 4.79 Å². The van der Waals surface area contributed by atoms with Crippen molar-refractivity contribution in [2.24, 2.45) is 11.3 Å². The third kappa shape index (κ3) is 3.49. The van der Waals surface area contributed by atoms with Gasteiger partial charge < -0.3 is 10.4 Å². The van der Waals surface area contributed by atoms with E-state index in [1.165, 1.54) is 0 Å². The molecule has 0 aromatic heterocycles. The highest BCUT2D eigenvalue weighted by molar-refractivity contribution is 5.79. The Bertz CT molecular complexity index is 224. The van der Waals surface area contributed by atoms with Gasteiger partial charge in [0.2, 0.25) is 5.91 Å². The van der Waals surface area contributed by atoms with Crippen LogP contribution in [0.2, 0.25) is 0 Å². The topological polar surface area (TPSA) is 49.3 Å². The molecule has 0 aromatic carbocycles. The lowest BCUT2D eigenvalue weighted by molar-refractivity contribution is -0.127. The molecule has 1 fully saturated rings. The maximum absolute atomic E-state index is 11.8. The fraction of sp³-hybridized carbons (Fsp3) is 0.917. The number of nitrogens with one attached hydrogen (secondary N) is 1. The van der Waals surface area contributed by atoms with Gasteiger partial charge in [-0.1, -0.05) is 20.3 Å². The van der Waals surface area contributed by atoms with E-state index in [2.05, 4.69) is 19.2 Å². The molecule has 1 saturated carbocycles. The van der Waals surface area contributed by atoms with Crippen molar-refractivity contribution < 1.29 is 9.90 Å². The first-order valence-electron chi connectivity index (χ1n) is 5.89. The average Bonchev–Trinajstić information content (AvgIpc) is 2.44. The molecule has 0 radical (unpaired) electrons. The second kappa shape index (κ2) is 4.97. The summed E-state index contributed by atoms with van der Waals surface area (Å²) in [6, 6.07) is 0. The van der Waals surface area contributed by atoms with E-state index in [4.69, 9.17) is 5.11 Å². The number of hydrogen-bond acceptors (Lipinski definition) is 2. The first-order chi connectivity index (χ1) is 6.93. The Kier molecular flexibility index (Phi) is 4.14. The van der Waals surface area contributed by atoms with Crippen LogP contribution in [0.1, 0.15) is 46.5 Å². The Morgan fingerprint density at radius 2 is 2.27 bits per heavy atom. The molecule has 1 amide bonds. The van der Waals surface area contributed by atoms with Crippen LogP contribution in [-0.4, -0.2) is 23.7 Å². The third-order valence-electron chi connectivity index (χ3n) is 3.44. The zero-order valence-corrected chi connectivity index (χ0v) is 10.0. The highest BCUT2D eigenvalue weighted by atomic mass is 16.3. The van der Waals surface area contributed by atoms with Crippen LogP contribution < -0.4 is 5.32 Å². The Labute approximate surface area is 92.3 Å². The van der Waals surface area contributed by atoms with E-state index in [1.54, 1.807) is 6.92 Å². The molecule has 0 aromatic rings. The summed E-state index contributed by atoms with van der Waals surface area (Å²) in [6.45, 7) is 6.66. The van der Waals surface area contributed by atoms with E-state index in [0.29, 0.717) is 13.0 Å². The van der Waals surface area contributed by atoms with Gasteiger partial charge in [-0.2, -0.15) is 0 Å². The van der Waals surface area contributed by atoms with Crippen molar-refractivity contribution in [3.05, 3.63) is 0 Å². The fourth-order valence-electron chi connectivity index (χ4n) is 2.34. The molecule has 2 atom stereocenters. The Hall–Kier alpha value is -0.570. The summed E-state index contributed by atoms with van der Waals surface area (Å²) < 4.78 is 0. The number of aliphatic hydroxyl groups excluding tert-OH is 1. The van der Waals surface area contributed by atoms with Crippen molar-refractivity contribution in [2.45, 2.75) is 52.6 Å². The summed E-state index contributed by atoms with van der Waals surface area (Å²) in [5.41, 5.74) is 0.148. The lowest BCUT2D eigenvalue weighted by Crippen LogP contribution is -2.37. The van der Waals surface area contributed by atoms with Gasteiger partial charge >= 0.3 is 0 Å². The molecule has 3 heteroatoms. The average molecular weight is 213 g/mol. The van der Waals surface area contributed by atoms with Crippen molar-refractivity contribution in [3.63, 3.8) is 0 Å². The first-order valence-corrected chi connectivity index (χ1v) is 5.89. The summed E-state index contributed by atoms with van der Waals surface area (Å²) in [4.78, 5) is 11.8. The molecule has 2 unspecified atom stereocenters. The van der Waals surface area contributed by atoms with E-state index in [1.807, 2.05) is 0 Å². The molecule has 0 saturated heterocycles. The molecule has 2 N–H and O–H groups in total. The van der Waals surface area contributed by atoms with Crippen molar-refractivity contribution in [1.82, 2.24) is 5.32 Å². The molecule has 0 aliphatic heterocycles. The highest BCUT2D eigenvalue weighted by Gasteiger charge is 2.38. The number of hydrogen-bond donors (Lipinski definition) is 2. The van der Waals surface area contributed by atoms with Crippen LogP contribution in [0.25, 0.3) is 0 Å². The largest absolute Gasteiger partial charge is 0.393 e. The summed E-state index contributed by atoms with van der Waals surface area (Å²) >= 11 is 0. The SMILES string of the molecule is CC(O)CCNC(=O)C1CCCC1(C)C. The molecule has 1 rings (SSSR count). The minimum absolute atomic E-state index is 0.148. The smallest absolute Gasteiger partial charge is 0.223 e. The van der Waals surface area contributed by atoms with Crippen molar-refractivity contribution >= 4 is 5.91 Å². The van der Waals surface area contributed by atoms with Crippen molar-refractivity contribution in [2.75, 3.05) is 6.54 Å². The van der Waals surface area contributed by atoms with Gasteiger partial charge in [-0.05, 0) is 31.6 Å². The molecule has 88 valence electrons. The van der Waals surface area contributed by atoms with Crippen LogP contribution in [0.4, 0.5) is 0 Å². The standard InChI is InChI=1S/C12H23NO2/c1-9(14)6-8-13-11(15)10-5-4-7-12(10,2)3/h9-10,14H,4-8H2,1-3H3,(H,13,15). The zero-order valence-electron chi connectivity index (χ0n) is 10.0. The minimum Gasteiger partial charge on any atom is -0.393 e. The Morgan fingerprint density at radius 1 is 1.60 bits per heavy atom. The third-order valence-corrected chi connectivity index (χ3v) is 3.44. The van der Waals surface area contributed by atoms with E-state index in [0.717, 1.165) is 19.3 Å². The number of amides is 1. The lowest BCUT2D eigenvalue weighted by Gasteiger charge is -2.25. The van der Waals surface area contributed by atoms with Crippen LogP contribution in [-0.2, 0) is 4.79 Å². The molecule has 15 heavy (non-hydrogen) atoms. The predicted molar refractivity (Wildman–Crippen MR) is 60.4 cm³/mol. The molecular weight excluding hydrogens is 190 g/mol. The minimum atomic E-state index is -0.332. The molecule has 1 aliphatic carbocycles. The Morgan fingerprint density at radius 3 is 2.73 bits per heavy atom. The predicted octanol–water partition coefficient (Wildman–Crippen LogP) is 1.70. The molecule has 1 aliphatic rings. The van der Waals surface area contributed by atoms with Gasteiger partial charge in [-0.25, -0.2) is 0 Å². The normalized spacial score (nSPS) is 26.3. The van der Waals surface area contributed by atoms with Crippen molar-refractivity contribution in [3.8, 4) is 0 Å². The molecular formula is C12H23NO2. The van der Waals surface area contributed by atoms with E-state index in [9.17, 15) is 4.79 Å². The number of carbonyl (C=O) groups excluding carboxylic acids is 1. The quantitative estimate of drug-likeness (QED) is 0.746. The molecule has 0 bridgehead atoms. The summed E-state index contributed by atoms with van der Waals surface area (Å²) in [7, 11) is 0. The molecule has 3 nitrogen and oxygen atoms in total. The van der Waals surface area contributed by atoms with Gasteiger partial charge in [-0.15, -0.1) is 0 Å². The zero-order chi connectivity index (χ0) is 11.5. The van der Waals surface area contributed by atoms with E-state index >= 15 is 0 Å². The second-order valence-electron chi connectivity index (χ2n) is 5.36. The molecule has 0 spiro atoms. The maximum atomic E-state index is 11.8. The summed E-state index contributed by atoms with van der Waals surface area (Å²) in [5, 5.41) is 12.0. The highest BCUT2D eigenvalue weighted by Crippen LogP contribution is 2.42. The van der Waals surface area contributed by atoms with Crippen molar-refractivity contribution in [1.29, 1.82) is 0 Å². The second-order valence-corrected chi connectivity index (χ2v) is 5.36. The van der Waals surface area contributed by atoms with Crippen LogP contribution in [0, 0.1) is 11.3 Å².